The van der Waals surface area contributed by atoms with Gasteiger partial charge >= 0.3 is 0 Å². The van der Waals surface area contributed by atoms with Crippen molar-refractivity contribution in [3.63, 3.8) is 0 Å². The molecule has 1 heterocycles. The van der Waals surface area contributed by atoms with Gasteiger partial charge in [0.25, 0.3) is 5.91 Å². The van der Waals surface area contributed by atoms with E-state index in [-0.39, 0.29) is 5.91 Å². The van der Waals surface area contributed by atoms with E-state index < -0.39 is 0 Å². The first-order valence-electron chi connectivity index (χ1n) is 6.93. The molecule has 0 unspecified atom stereocenters. The molecule has 0 saturated heterocycles. The maximum Gasteiger partial charge on any atom is 0.271 e. The average Bonchev–Trinajstić information content (AvgIpc) is 2.96. The van der Waals surface area contributed by atoms with Gasteiger partial charge in [0.15, 0.2) is 5.69 Å². The van der Waals surface area contributed by atoms with Gasteiger partial charge in [-0.2, -0.15) is 5.10 Å². The molecule has 0 aliphatic heterocycles. The van der Waals surface area contributed by atoms with E-state index in [0.29, 0.717) is 17.3 Å². The molecule has 1 aromatic heterocycles. The largest absolute Gasteiger partial charge is 0.354 e. The molecule has 5 nitrogen and oxygen atoms in total. The van der Waals surface area contributed by atoms with Crippen LogP contribution in [0.1, 0.15) is 29.4 Å². The monoisotopic (exact) mass is 306 g/mol. The first-order chi connectivity index (χ1) is 10.2. The minimum atomic E-state index is -0.216. The van der Waals surface area contributed by atoms with E-state index in [1.165, 1.54) is 0 Å². The molecule has 0 radical (unpaired) electrons. The molecule has 0 saturated carbocycles. The van der Waals surface area contributed by atoms with Gasteiger partial charge in [0.2, 0.25) is 0 Å². The molecule has 0 spiro atoms. The van der Waals surface area contributed by atoms with Crippen LogP contribution in [0.2, 0.25) is 5.02 Å². The van der Waals surface area contributed by atoms with Crippen molar-refractivity contribution in [1.82, 2.24) is 20.4 Å². The lowest BCUT2D eigenvalue weighted by atomic mass is 10.1. The lowest BCUT2D eigenvalue weighted by Crippen LogP contribution is -2.19. The van der Waals surface area contributed by atoms with E-state index in [1.807, 2.05) is 18.2 Å². The lowest BCUT2D eigenvalue weighted by Gasteiger charge is -2.12. The number of nitrogens with zero attached hydrogens (tertiary/aromatic N) is 2. The van der Waals surface area contributed by atoms with Crippen LogP contribution in [0, 0.1) is 0 Å². The standard InChI is InChI=1S/C15H19ClN4O/c1-3-8-18-10-11-5-4-6-12(16)14(11)20-9-7-13(19-20)15(21)17-2/h4-7,9,18H,3,8,10H2,1-2H3,(H,17,21). The molecular formula is C15H19ClN4O. The zero-order chi connectivity index (χ0) is 15.2. The maximum absolute atomic E-state index is 11.6. The van der Waals surface area contributed by atoms with Crippen molar-refractivity contribution >= 4 is 17.5 Å². The van der Waals surface area contributed by atoms with Gasteiger partial charge < -0.3 is 10.6 Å². The Morgan fingerprint density at radius 1 is 1.38 bits per heavy atom. The highest BCUT2D eigenvalue weighted by atomic mass is 35.5. The Kier molecular flexibility index (Phi) is 5.36. The van der Waals surface area contributed by atoms with Gasteiger partial charge in [-0.3, -0.25) is 4.79 Å². The zero-order valence-corrected chi connectivity index (χ0v) is 12.9. The van der Waals surface area contributed by atoms with E-state index in [9.17, 15) is 4.79 Å². The molecule has 1 amide bonds. The Morgan fingerprint density at radius 3 is 2.90 bits per heavy atom. The molecule has 0 fully saturated rings. The van der Waals surface area contributed by atoms with Crippen molar-refractivity contribution in [1.29, 1.82) is 0 Å². The van der Waals surface area contributed by atoms with Crippen molar-refractivity contribution in [3.8, 4) is 5.69 Å². The Labute approximate surface area is 129 Å². The smallest absolute Gasteiger partial charge is 0.271 e. The summed E-state index contributed by atoms with van der Waals surface area (Å²) >= 11 is 6.31. The van der Waals surface area contributed by atoms with Gasteiger partial charge in [-0.05, 0) is 30.7 Å². The summed E-state index contributed by atoms with van der Waals surface area (Å²) in [7, 11) is 1.58. The van der Waals surface area contributed by atoms with Crippen molar-refractivity contribution in [2.45, 2.75) is 19.9 Å². The number of aromatic nitrogens is 2. The second-order valence-corrected chi connectivity index (χ2v) is 5.06. The van der Waals surface area contributed by atoms with E-state index >= 15 is 0 Å². The fraction of sp³-hybridized carbons (Fsp3) is 0.333. The van der Waals surface area contributed by atoms with Gasteiger partial charge in [0.05, 0.1) is 10.7 Å². The second-order valence-electron chi connectivity index (χ2n) is 4.65. The van der Waals surface area contributed by atoms with Crippen LogP contribution in [0.25, 0.3) is 5.69 Å². The van der Waals surface area contributed by atoms with Crippen LogP contribution in [0.4, 0.5) is 0 Å². The minimum Gasteiger partial charge on any atom is -0.354 e. The topological polar surface area (TPSA) is 59.0 Å². The molecule has 0 atom stereocenters. The quantitative estimate of drug-likeness (QED) is 0.806. The average molecular weight is 307 g/mol. The predicted molar refractivity (Wildman–Crippen MR) is 84.0 cm³/mol. The highest BCUT2D eigenvalue weighted by Gasteiger charge is 2.13. The van der Waals surface area contributed by atoms with Crippen LogP contribution in [0.15, 0.2) is 30.5 Å². The Morgan fingerprint density at radius 2 is 2.19 bits per heavy atom. The number of amides is 1. The van der Waals surface area contributed by atoms with Gasteiger partial charge in [0.1, 0.15) is 0 Å². The predicted octanol–water partition coefficient (Wildman–Crippen LogP) is 2.38. The van der Waals surface area contributed by atoms with Crippen LogP contribution in [0.3, 0.4) is 0 Å². The van der Waals surface area contributed by atoms with Gasteiger partial charge in [0, 0.05) is 19.8 Å². The molecule has 1 aromatic carbocycles. The number of halogens is 1. The molecule has 0 bridgehead atoms. The molecule has 6 heteroatoms. The van der Waals surface area contributed by atoms with E-state index in [1.54, 1.807) is 24.0 Å². The van der Waals surface area contributed by atoms with Crippen LogP contribution in [0.5, 0.6) is 0 Å². The van der Waals surface area contributed by atoms with Gasteiger partial charge in [-0.1, -0.05) is 30.7 Å². The first-order valence-corrected chi connectivity index (χ1v) is 7.31. The molecule has 112 valence electrons. The maximum atomic E-state index is 11.6. The molecule has 2 rings (SSSR count). The van der Waals surface area contributed by atoms with E-state index in [4.69, 9.17) is 11.6 Å². The number of carbonyl (C=O) groups excluding carboxylic acids is 1. The summed E-state index contributed by atoms with van der Waals surface area (Å²) in [5, 5.41) is 10.8. The van der Waals surface area contributed by atoms with Crippen molar-refractivity contribution in [3.05, 3.63) is 46.7 Å². The SMILES string of the molecule is CCCNCc1cccc(Cl)c1-n1ccc(C(=O)NC)n1. The third-order valence-electron chi connectivity index (χ3n) is 3.09. The Hall–Kier alpha value is -1.85. The summed E-state index contributed by atoms with van der Waals surface area (Å²) in [6, 6.07) is 7.41. The summed E-state index contributed by atoms with van der Waals surface area (Å²) in [5.74, 6) is -0.216. The molecule has 21 heavy (non-hydrogen) atoms. The molecule has 0 aliphatic carbocycles. The molecule has 2 aromatic rings. The highest BCUT2D eigenvalue weighted by Crippen LogP contribution is 2.24. The summed E-state index contributed by atoms with van der Waals surface area (Å²) in [6.07, 6.45) is 2.81. The lowest BCUT2D eigenvalue weighted by molar-refractivity contribution is 0.0957. The van der Waals surface area contributed by atoms with E-state index in [2.05, 4.69) is 22.7 Å². The fourth-order valence-electron chi connectivity index (χ4n) is 2.06. The van der Waals surface area contributed by atoms with Crippen molar-refractivity contribution < 1.29 is 4.79 Å². The summed E-state index contributed by atoms with van der Waals surface area (Å²) in [6.45, 7) is 3.77. The molecular weight excluding hydrogens is 288 g/mol. The fourth-order valence-corrected chi connectivity index (χ4v) is 2.34. The number of hydrogen-bond acceptors (Lipinski definition) is 3. The number of rotatable bonds is 6. The van der Waals surface area contributed by atoms with Crippen molar-refractivity contribution in [2.75, 3.05) is 13.6 Å². The van der Waals surface area contributed by atoms with Crippen molar-refractivity contribution in [2.24, 2.45) is 0 Å². The van der Waals surface area contributed by atoms with Gasteiger partial charge in [-0.25, -0.2) is 4.68 Å². The van der Waals surface area contributed by atoms with Crippen LogP contribution in [-0.2, 0) is 6.54 Å². The van der Waals surface area contributed by atoms with Crippen LogP contribution in [-0.4, -0.2) is 29.3 Å². The first kappa shape index (κ1) is 15.5. The normalized spacial score (nSPS) is 10.6. The summed E-state index contributed by atoms with van der Waals surface area (Å²) < 4.78 is 1.65. The van der Waals surface area contributed by atoms with Crippen LogP contribution < -0.4 is 10.6 Å². The second kappa shape index (κ2) is 7.24. The summed E-state index contributed by atoms with van der Waals surface area (Å²) in [4.78, 5) is 11.6. The number of carbonyl (C=O) groups is 1. The third-order valence-corrected chi connectivity index (χ3v) is 3.40. The Bertz CT molecular complexity index is 624. The third kappa shape index (κ3) is 3.62. The molecule has 2 N–H and O–H groups in total. The van der Waals surface area contributed by atoms with Gasteiger partial charge in [-0.15, -0.1) is 0 Å². The number of nitrogens with one attached hydrogen (secondary N) is 2. The number of para-hydroxylation sites is 1. The zero-order valence-electron chi connectivity index (χ0n) is 12.2. The molecule has 0 aliphatic rings. The van der Waals surface area contributed by atoms with Crippen LogP contribution >= 0.6 is 11.6 Å². The highest BCUT2D eigenvalue weighted by molar-refractivity contribution is 6.32. The minimum absolute atomic E-state index is 0.216. The summed E-state index contributed by atoms with van der Waals surface area (Å²) in [5.41, 5.74) is 2.21. The number of hydrogen-bond donors (Lipinski definition) is 2. The van der Waals surface area contributed by atoms with E-state index in [0.717, 1.165) is 24.2 Å². The number of benzene rings is 1. The Balaban J connectivity index is 2.33.